The molecule has 2 rings (SSSR count). The van der Waals surface area contributed by atoms with Crippen molar-refractivity contribution in [2.75, 3.05) is 5.75 Å². The Labute approximate surface area is 136 Å². The Morgan fingerprint density at radius 1 is 1.36 bits per heavy atom. The molecular formula is C16H25N3O2S. The summed E-state index contributed by atoms with van der Waals surface area (Å²) in [5, 5.41) is 0.619. The third-order valence-corrected chi connectivity index (χ3v) is 5.12. The number of nitrogens with zero attached hydrogens (tertiary/aromatic N) is 3. The third kappa shape index (κ3) is 3.91. The van der Waals surface area contributed by atoms with E-state index < -0.39 is 0 Å². The van der Waals surface area contributed by atoms with Gasteiger partial charge in [0.1, 0.15) is 0 Å². The van der Waals surface area contributed by atoms with Gasteiger partial charge < -0.3 is 9.47 Å². The number of carbonyl (C=O) groups is 1. The van der Waals surface area contributed by atoms with Gasteiger partial charge in [0.2, 0.25) is 5.91 Å². The van der Waals surface area contributed by atoms with Gasteiger partial charge in [0, 0.05) is 30.4 Å². The van der Waals surface area contributed by atoms with Crippen LogP contribution >= 0.6 is 11.8 Å². The molecular weight excluding hydrogens is 298 g/mol. The van der Waals surface area contributed by atoms with Crippen LogP contribution in [0.15, 0.2) is 22.2 Å². The zero-order valence-electron chi connectivity index (χ0n) is 13.8. The van der Waals surface area contributed by atoms with Crippen LogP contribution in [0.2, 0.25) is 0 Å². The molecule has 1 aliphatic heterocycles. The minimum absolute atomic E-state index is 0.137. The van der Waals surface area contributed by atoms with Gasteiger partial charge in [0.05, 0.1) is 5.75 Å². The van der Waals surface area contributed by atoms with Crippen molar-refractivity contribution < 1.29 is 4.79 Å². The molecule has 1 aliphatic rings. The van der Waals surface area contributed by atoms with Gasteiger partial charge in [-0.25, -0.2) is 0 Å². The summed E-state index contributed by atoms with van der Waals surface area (Å²) in [6.07, 6.45) is 5.08. The fourth-order valence-corrected chi connectivity index (χ4v) is 3.99. The maximum Gasteiger partial charge on any atom is 0.273 e. The lowest BCUT2D eigenvalue weighted by Crippen LogP contribution is -2.48. The van der Waals surface area contributed by atoms with Crippen LogP contribution in [0, 0.1) is 0 Å². The largest absolute Gasteiger partial charge is 0.337 e. The fraction of sp³-hybridized carbons (Fsp3) is 0.688. The number of piperidine rings is 1. The van der Waals surface area contributed by atoms with E-state index in [2.05, 4.69) is 18.8 Å². The summed E-state index contributed by atoms with van der Waals surface area (Å²) < 4.78 is 1.93. The fourth-order valence-electron chi connectivity index (χ4n) is 3.01. The molecule has 1 saturated heterocycles. The number of thioether (sulfide) groups is 1. The summed E-state index contributed by atoms with van der Waals surface area (Å²) in [6, 6.07) is 2.26. The van der Waals surface area contributed by atoms with Crippen molar-refractivity contribution in [1.29, 1.82) is 0 Å². The molecule has 0 bridgehead atoms. The Morgan fingerprint density at radius 2 is 2.00 bits per heavy atom. The smallest absolute Gasteiger partial charge is 0.273 e. The Bertz CT molecular complexity index is 575. The van der Waals surface area contributed by atoms with Crippen LogP contribution in [0.3, 0.4) is 0 Å². The molecule has 0 radical (unpaired) electrons. The van der Waals surface area contributed by atoms with E-state index >= 15 is 0 Å². The van der Waals surface area contributed by atoms with Crippen molar-refractivity contribution in [3.05, 3.63) is 22.6 Å². The molecule has 2 atom stereocenters. The van der Waals surface area contributed by atoms with E-state index in [1.807, 2.05) is 23.3 Å². The van der Waals surface area contributed by atoms with E-state index in [0.29, 0.717) is 23.0 Å². The molecule has 6 heteroatoms. The normalized spacial score (nSPS) is 22.1. The molecule has 0 aromatic carbocycles. The predicted molar refractivity (Wildman–Crippen MR) is 89.2 cm³/mol. The van der Waals surface area contributed by atoms with E-state index in [0.717, 1.165) is 12.8 Å². The van der Waals surface area contributed by atoms with Crippen LogP contribution in [-0.4, -0.2) is 38.2 Å². The first kappa shape index (κ1) is 17.1. The molecule has 1 amide bonds. The van der Waals surface area contributed by atoms with Crippen molar-refractivity contribution in [2.45, 2.75) is 70.2 Å². The maximum atomic E-state index is 12.5. The molecule has 0 N–H and O–H groups in total. The van der Waals surface area contributed by atoms with Crippen molar-refractivity contribution >= 4 is 17.7 Å². The maximum absolute atomic E-state index is 12.5. The number of hydrogen-bond donors (Lipinski definition) is 0. The van der Waals surface area contributed by atoms with Crippen LogP contribution in [0.25, 0.3) is 0 Å². The van der Waals surface area contributed by atoms with E-state index in [1.165, 1.54) is 24.2 Å². The van der Waals surface area contributed by atoms with Crippen molar-refractivity contribution in [3.63, 3.8) is 0 Å². The summed E-state index contributed by atoms with van der Waals surface area (Å²) in [4.78, 5) is 30.1. The van der Waals surface area contributed by atoms with Gasteiger partial charge in [0.25, 0.3) is 5.56 Å². The minimum atomic E-state index is -0.258. The van der Waals surface area contributed by atoms with E-state index in [4.69, 9.17) is 0 Å². The summed E-state index contributed by atoms with van der Waals surface area (Å²) in [5.41, 5.74) is -0.258. The highest BCUT2D eigenvalue weighted by molar-refractivity contribution is 7.99. The first-order valence-electron chi connectivity index (χ1n) is 7.93. The van der Waals surface area contributed by atoms with Gasteiger partial charge in [-0.2, -0.15) is 4.98 Å². The van der Waals surface area contributed by atoms with Gasteiger partial charge in [-0.1, -0.05) is 11.8 Å². The summed E-state index contributed by atoms with van der Waals surface area (Å²) in [6.45, 7) is 8.30. The molecule has 5 nitrogen and oxygen atoms in total. The van der Waals surface area contributed by atoms with Crippen molar-refractivity contribution in [3.8, 4) is 0 Å². The number of rotatable bonds is 4. The molecule has 0 aliphatic carbocycles. The number of hydrogen-bond acceptors (Lipinski definition) is 4. The molecule has 1 aromatic heterocycles. The molecule has 0 spiro atoms. The minimum Gasteiger partial charge on any atom is -0.337 e. The highest BCUT2D eigenvalue weighted by atomic mass is 32.2. The Balaban J connectivity index is 2.08. The first-order valence-corrected chi connectivity index (χ1v) is 8.92. The number of amides is 1. The van der Waals surface area contributed by atoms with Crippen LogP contribution in [-0.2, 0) is 4.79 Å². The second kappa shape index (κ2) is 7.31. The van der Waals surface area contributed by atoms with E-state index in [1.54, 1.807) is 6.20 Å². The number of aromatic nitrogens is 2. The molecule has 1 fully saturated rings. The predicted octanol–water partition coefficient (Wildman–Crippen LogP) is 2.71. The zero-order valence-corrected chi connectivity index (χ0v) is 14.6. The van der Waals surface area contributed by atoms with Crippen LogP contribution in [0.1, 0.15) is 53.0 Å². The third-order valence-electron chi connectivity index (χ3n) is 4.17. The molecule has 1 aromatic rings. The Morgan fingerprint density at radius 3 is 2.59 bits per heavy atom. The SMILES string of the molecule is CC1CCCC(C)N1C(=O)CSc1nc(=O)ccn1C(C)C. The van der Waals surface area contributed by atoms with Gasteiger partial charge in [-0.15, -0.1) is 0 Å². The molecule has 2 heterocycles. The van der Waals surface area contributed by atoms with Crippen molar-refractivity contribution in [2.24, 2.45) is 0 Å². The topological polar surface area (TPSA) is 55.2 Å². The van der Waals surface area contributed by atoms with Crippen LogP contribution < -0.4 is 5.56 Å². The van der Waals surface area contributed by atoms with Gasteiger partial charge in [-0.05, 0) is 47.0 Å². The Kier molecular flexibility index (Phi) is 5.67. The molecule has 0 saturated carbocycles. The first-order chi connectivity index (χ1) is 10.4. The van der Waals surface area contributed by atoms with E-state index in [9.17, 15) is 9.59 Å². The quantitative estimate of drug-likeness (QED) is 0.631. The highest BCUT2D eigenvalue weighted by Gasteiger charge is 2.28. The average Bonchev–Trinajstić information content (AvgIpc) is 2.44. The number of likely N-dealkylation sites (tertiary alicyclic amines) is 1. The summed E-state index contributed by atoms with van der Waals surface area (Å²) >= 11 is 1.36. The zero-order chi connectivity index (χ0) is 16.3. The Hall–Kier alpha value is -1.30. The summed E-state index contributed by atoms with van der Waals surface area (Å²) in [5.74, 6) is 0.468. The van der Waals surface area contributed by atoms with Gasteiger partial charge >= 0.3 is 0 Å². The highest BCUT2D eigenvalue weighted by Crippen LogP contribution is 2.25. The van der Waals surface area contributed by atoms with Crippen LogP contribution in [0.4, 0.5) is 0 Å². The standard InChI is InChI=1S/C16H25N3O2S/c1-11(2)18-9-8-14(20)17-16(18)22-10-15(21)19-12(3)6-5-7-13(19)4/h8-9,11-13H,5-7,10H2,1-4H3. The monoisotopic (exact) mass is 323 g/mol. The lowest BCUT2D eigenvalue weighted by atomic mass is 9.98. The number of carbonyl (C=O) groups excluding carboxylic acids is 1. The molecule has 22 heavy (non-hydrogen) atoms. The van der Waals surface area contributed by atoms with E-state index in [-0.39, 0.29) is 17.5 Å². The second-order valence-corrected chi connectivity index (χ2v) is 7.21. The van der Waals surface area contributed by atoms with Gasteiger partial charge in [0.15, 0.2) is 5.16 Å². The van der Waals surface area contributed by atoms with Gasteiger partial charge in [-0.3, -0.25) is 9.59 Å². The molecule has 2 unspecified atom stereocenters. The average molecular weight is 323 g/mol. The lowest BCUT2D eigenvalue weighted by molar-refractivity contribution is -0.134. The summed E-state index contributed by atoms with van der Waals surface area (Å²) in [7, 11) is 0. The lowest BCUT2D eigenvalue weighted by Gasteiger charge is -2.39. The molecule has 122 valence electrons. The van der Waals surface area contributed by atoms with Crippen LogP contribution in [0.5, 0.6) is 0 Å². The van der Waals surface area contributed by atoms with Crippen molar-refractivity contribution in [1.82, 2.24) is 14.5 Å². The second-order valence-electron chi connectivity index (χ2n) is 6.27.